The lowest BCUT2D eigenvalue weighted by molar-refractivity contribution is -0.128. The Morgan fingerprint density at radius 2 is 1.82 bits per heavy atom. The standard InChI is InChI=1S/C23H29ClN2O2/c1-2-22(28-21-11-9-20(24)10-12-21)23(27)25-16-18-7-6-8-19(15-18)17-26-13-4-3-5-14-26/h6-12,15,22H,2-5,13-14,16-17H2,1H3,(H,25,27)/t22-/m1/s1. The maximum absolute atomic E-state index is 12.6. The number of hydrogen-bond donors (Lipinski definition) is 1. The molecule has 0 bridgehead atoms. The van der Waals surface area contributed by atoms with Gasteiger partial charge in [-0.05, 0) is 67.7 Å². The highest BCUT2D eigenvalue weighted by Gasteiger charge is 2.18. The van der Waals surface area contributed by atoms with Gasteiger partial charge in [-0.3, -0.25) is 9.69 Å². The van der Waals surface area contributed by atoms with Crippen molar-refractivity contribution in [1.82, 2.24) is 10.2 Å². The molecule has 1 N–H and O–H groups in total. The van der Waals surface area contributed by atoms with E-state index in [1.54, 1.807) is 24.3 Å². The molecule has 3 rings (SSSR count). The molecule has 2 aromatic carbocycles. The van der Waals surface area contributed by atoms with E-state index in [0.29, 0.717) is 23.7 Å². The van der Waals surface area contributed by atoms with Gasteiger partial charge in [-0.25, -0.2) is 0 Å². The van der Waals surface area contributed by atoms with Gasteiger partial charge in [0.1, 0.15) is 5.75 Å². The van der Waals surface area contributed by atoms with Crippen LogP contribution in [0.25, 0.3) is 0 Å². The Hall–Kier alpha value is -2.04. The number of rotatable bonds is 8. The number of hydrogen-bond acceptors (Lipinski definition) is 3. The van der Waals surface area contributed by atoms with Gasteiger partial charge in [-0.1, -0.05) is 49.2 Å². The molecule has 28 heavy (non-hydrogen) atoms. The van der Waals surface area contributed by atoms with Crippen molar-refractivity contribution in [2.24, 2.45) is 0 Å². The van der Waals surface area contributed by atoms with Crippen LogP contribution in [-0.2, 0) is 17.9 Å². The minimum Gasteiger partial charge on any atom is -0.481 e. The lowest BCUT2D eigenvalue weighted by Gasteiger charge is -2.26. The van der Waals surface area contributed by atoms with E-state index in [2.05, 4.69) is 34.5 Å². The molecule has 2 aromatic rings. The van der Waals surface area contributed by atoms with Crippen LogP contribution in [-0.4, -0.2) is 30.0 Å². The average molecular weight is 401 g/mol. The van der Waals surface area contributed by atoms with Gasteiger partial charge in [0.05, 0.1) is 0 Å². The number of nitrogens with zero attached hydrogens (tertiary/aromatic N) is 1. The van der Waals surface area contributed by atoms with Crippen LogP contribution in [0, 0.1) is 0 Å². The topological polar surface area (TPSA) is 41.6 Å². The van der Waals surface area contributed by atoms with Crippen LogP contribution in [0.15, 0.2) is 48.5 Å². The summed E-state index contributed by atoms with van der Waals surface area (Å²) in [6.07, 6.45) is 4.02. The maximum Gasteiger partial charge on any atom is 0.261 e. The second kappa shape index (κ2) is 10.5. The van der Waals surface area contributed by atoms with Gasteiger partial charge in [0.25, 0.3) is 5.91 Å². The minimum atomic E-state index is -0.516. The van der Waals surface area contributed by atoms with Crippen molar-refractivity contribution >= 4 is 17.5 Å². The third-order valence-electron chi connectivity index (χ3n) is 5.07. The summed E-state index contributed by atoms with van der Waals surface area (Å²) in [5.74, 6) is 0.550. The zero-order valence-electron chi connectivity index (χ0n) is 16.5. The van der Waals surface area contributed by atoms with Crippen molar-refractivity contribution in [2.75, 3.05) is 13.1 Å². The first-order valence-electron chi connectivity index (χ1n) is 10.1. The quantitative estimate of drug-likeness (QED) is 0.692. The van der Waals surface area contributed by atoms with Gasteiger partial charge in [0.15, 0.2) is 6.10 Å². The van der Waals surface area contributed by atoms with E-state index in [-0.39, 0.29) is 5.91 Å². The molecule has 0 unspecified atom stereocenters. The van der Waals surface area contributed by atoms with Gasteiger partial charge in [0, 0.05) is 18.1 Å². The molecule has 0 aliphatic carbocycles. The Labute approximate surface area is 172 Å². The van der Waals surface area contributed by atoms with Crippen molar-refractivity contribution < 1.29 is 9.53 Å². The van der Waals surface area contributed by atoms with Gasteiger partial charge in [-0.15, -0.1) is 0 Å². The van der Waals surface area contributed by atoms with Crippen molar-refractivity contribution in [3.8, 4) is 5.75 Å². The Balaban J connectivity index is 1.52. The third kappa shape index (κ3) is 6.25. The largest absolute Gasteiger partial charge is 0.481 e. The Morgan fingerprint density at radius 3 is 2.54 bits per heavy atom. The van der Waals surface area contributed by atoms with E-state index in [4.69, 9.17) is 16.3 Å². The molecule has 150 valence electrons. The predicted octanol–water partition coefficient (Wildman–Crippen LogP) is 4.80. The molecule has 0 aromatic heterocycles. The fraction of sp³-hybridized carbons (Fsp3) is 0.435. The summed E-state index contributed by atoms with van der Waals surface area (Å²) in [5, 5.41) is 3.66. The van der Waals surface area contributed by atoms with Crippen LogP contribution >= 0.6 is 11.6 Å². The summed E-state index contributed by atoms with van der Waals surface area (Å²) in [5.41, 5.74) is 2.42. The van der Waals surface area contributed by atoms with Gasteiger partial charge < -0.3 is 10.1 Å². The van der Waals surface area contributed by atoms with Crippen molar-refractivity contribution in [3.05, 3.63) is 64.7 Å². The number of benzene rings is 2. The van der Waals surface area contributed by atoms with Gasteiger partial charge in [0.2, 0.25) is 0 Å². The molecular weight excluding hydrogens is 372 g/mol. The molecular formula is C23H29ClN2O2. The molecule has 1 atom stereocenters. The van der Waals surface area contributed by atoms with Crippen molar-refractivity contribution in [3.63, 3.8) is 0 Å². The predicted molar refractivity (Wildman–Crippen MR) is 114 cm³/mol. The van der Waals surface area contributed by atoms with E-state index >= 15 is 0 Å². The Kier molecular flexibility index (Phi) is 7.75. The van der Waals surface area contributed by atoms with Gasteiger partial charge in [-0.2, -0.15) is 0 Å². The SMILES string of the molecule is CC[C@@H](Oc1ccc(Cl)cc1)C(=O)NCc1cccc(CN2CCCCC2)c1. The monoisotopic (exact) mass is 400 g/mol. The molecule has 1 aliphatic rings. The summed E-state index contributed by atoms with van der Waals surface area (Å²) in [7, 11) is 0. The molecule has 1 saturated heterocycles. The average Bonchev–Trinajstić information content (AvgIpc) is 2.72. The first-order valence-corrected chi connectivity index (χ1v) is 10.5. The summed E-state index contributed by atoms with van der Waals surface area (Å²) in [6, 6.07) is 15.6. The number of amides is 1. The maximum atomic E-state index is 12.6. The van der Waals surface area contributed by atoms with E-state index in [0.717, 1.165) is 12.1 Å². The van der Waals surface area contributed by atoms with E-state index in [9.17, 15) is 4.79 Å². The molecule has 0 radical (unpaired) electrons. The number of carbonyl (C=O) groups is 1. The number of halogens is 1. The van der Waals surface area contributed by atoms with E-state index in [1.165, 1.54) is 37.9 Å². The summed E-state index contributed by atoms with van der Waals surface area (Å²) < 4.78 is 5.82. The Bertz CT molecular complexity index is 757. The molecule has 1 fully saturated rings. The first kappa shape index (κ1) is 20.7. The number of nitrogens with one attached hydrogen (secondary N) is 1. The smallest absolute Gasteiger partial charge is 0.261 e. The lowest BCUT2D eigenvalue weighted by Crippen LogP contribution is -2.37. The molecule has 4 nitrogen and oxygen atoms in total. The summed E-state index contributed by atoms with van der Waals surface area (Å²) in [4.78, 5) is 15.1. The van der Waals surface area contributed by atoms with E-state index in [1.807, 2.05) is 6.92 Å². The molecule has 1 aliphatic heterocycles. The fourth-order valence-electron chi connectivity index (χ4n) is 3.52. The molecule has 5 heteroatoms. The molecule has 0 spiro atoms. The fourth-order valence-corrected chi connectivity index (χ4v) is 3.64. The number of likely N-dealkylation sites (tertiary alicyclic amines) is 1. The zero-order valence-corrected chi connectivity index (χ0v) is 17.3. The molecule has 1 amide bonds. The summed E-state index contributed by atoms with van der Waals surface area (Å²) >= 11 is 5.90. The van der Waals surface area contributed by atoms with Gasteiger partial charge >= 0.3 is 0 Å². The lowest BCUT2D eigenvalue weighted by atomic mass is 10.1. The number of ether oxygens (including phenoxy) is 1. The number of carbonyl (C=O) groups excluding carboxylic acids is 1. The van der Waals surface area contributed by atoms with Crippen LogP contribution in [0.5, 0.6) is 5.75 Å². The van der Waals surface area contributed by atoms with Crippen molar-refractivity contribution in [1.29, 1.82) is 0 Å². The second-order valence-corrected chi connectivity index (χ2v) is 7.78. The van der Waals surface area contributed by atoms with Crippen LogP contribution in [0.2, 0.25) is 5.02 Å². The second-order valence-electron chi connectivity index (χ2n) is 7.34. The van der Waals surface area contributed by atoms with Crippen molar-refractivity contribution in [2.45, 2.75) is 51.8 Å². The normalized spacial score (nSPS) is 15.8. The minimum absolute atomic E-state index is 0.0983. The third-order valence-corrected chi connectivity index (χ3v) is 5.32. The number of piperidine rings is 1. The van der Waals surface area contributed by atoms with Crippen LogP contribution in [0.4, 0.5) is 0 Å². The first-order chi connectivity index (χ1) is 13.6. The highest BCUT2D eigenvalue weighted by Crippen LogP contribution is 2.18. The van der Waals surface area contributed by atoms with E-state index < -0.39 is 6.10 Å². The van der Waals surface area contributed by atoms with Crippen LogP contribution in [0.1, 0.15) is 43.7 Å². The van der Waals surface area contributed by atoms with Crippen LogP contribution < -0.4 is 10.1 Å². The zero-order chi connectivity index (χ0) is 19.8. The highest BCUT2D eigenvalue weighted by molar-refractivity contribution is 6.30. The summed E-state index contributed by atoms with van der Waals surface area (Å²) in [6.45, 7) is 5.80. The van der Waals surface area contributed by atoms with Crippen LogP contribution in [0.3, 0.4) is 0 Å². The highest BCUT2D eigenvalue weighted by atomic mass is 35.5. The molecule has 1 heterocycles. The molecule has 0 saturated carbocycles. The Morgan fingerprint density at radius 1 is 1.11 bits per heavy atom.